The molecule has 1 unspecified atom stereocenters. The van der Waals surface area contributed by atoms with Crippen LogP contribution in [0, 0.1) is 15.9 Å². The van der Waals surface area contributed by atoms with Gasteiger partial charge in [-0.15, -0.1) is 4.67 Å². The summed E-state index contributed by atoms with van der Waals surface area (Å²) in [5.41, 5.74) is 1.50. The first-order valence-electron chi connectivity index (χ1n) is 11.7. The molecule has 2 aromatic carbocycles. The Morgan fingerprint density at radius 3 is 2.64 bits per heavy atom. The van der Waals surface area contributed by atoms with Crippen molar-refractivity contribution in [2.24, 2.45) is 0 Å². The van der Waals surface area contributed by atoms with Crippen LogP contribution in [0.25, 0.3) is 23.1 Å². The molecule has 1 aliphatic rings. The Kier molecular flexibility index (Phi) is 8.23. The van der Waals surface area contributed by atoms with E-state index in [0.717, 1.165) is 0 Å². The summed E-state index contributed by atoms with van der Waals surface area (Å²) < 4.78 is 35.5. The van der Waals surface area contributed by atoms with Crippen molar-refractivity contribution in [3.05, 3.63) is 76.0 Å². The summed E-state index contributed by atoms with van der Waals surface area (Å²) in [5.74, 6) is 0.617. The topological polar surface area (TPSA) is 134 Å². The Balaban J connectivity index is 1.49. The van der Waals surface area contributed by atoms with Gasteiger partial charge in [-0.05, 0) is 48.6 Å². The molecule has 5 rings (SSSR count). The van der Waals surface area contributed by atoms with Gasteiger partial charge in [0.1, 0.15) is 22.3 Å². The minimum atomic E-state index is -0.624. The second-order valence-electron chi connectivity index (χ2n) is 8.22. The molecular weight excluding hydrogens is 532 g/mol. The molecule has 1 N–H and O–H groups in total. The van der Waals surface area contributed by atoms with E-state index in [1.807, 2.05) is 4.90 Å². The van der Waals surface area contributed by atoms with Crippen LogP contribution in [0.4, 0.5) is 27.5 Å². The lowest BCUT2D eigenvalue weighted by atomic mass is 10.1. The van der Waals surface area contributed by atoms with E-state index in [0.29, 0.717) is 60.1 Å². The molecule has 1 saturated heterocycles. The molecule has 39 heavy (non-hydrogen) atoms. The van der Waals surface area contributed by atoms with Crippen molar-refractivity contribution in [3.63, 3.8) is 0 Å². The van der Waals surface area contributed by atoms with Crippen LogP contribution in [0.3, 0.4) is 0 Å². The third-order valence-electron chi connectivity index (χ3n) is 5.69. The average molecular weight is 555 g/mol. The molecular formula is C25H23FN5O7P. The Morgan fingerprint density at radius 2 is 1.92 bits per heavy atom. The van der Waals surface area contributed by atoms with Gasteiger partial charge in [0.25, 0.3) is 0 Å². The molecule has 0 spiro atoms. The molecule has 1 fully saturated rings. The number of benzene rings is 2. The number of rotatable bonds is 10. The van der Waals surface area contributed by atoms with Gasteiger partial charge in [-0.3, -0.25) is 10.1 Å². The highest BCUT2D eigenvalue weighted by Crippen LogP contribution is 2.32. The van der Waals surface area contributed by atoms with Gasteiger partial charge in [-0.2, -0.15) is 0 Å². The number of morpholine rings is 1. The van der Waals surface area contributed by atoms with Gasteiger partial charge < -0.3 is 28.8 Å². The van der Waals surface area contributed by atoms with Gasteiger partial charge in [0.05, 0.1) is 30.5 Å². The number of nitro groups is 1. The second-order valence-corrected chi connectivity index (χ2v) is 8.96. The highest BCUT2D eigenvalue weighted by Gasteiger charge is 2.19. The van der Waals surface area contributed by atoms with Gasteiger partial charge in [0, 0.05) is 37.3 Å². The van der Waals surface area contributed by atoms with Crippen LogP contribution in [-0.2, 0) is 13.9 Å². The summed E-state index contributed by atoms with van der Waals surface area (Å²) >= 11 is 0. The first-order chi connectivity index (χ1) is 19.0. The van der Waals surface area contributed by atoms with E-state index in [2.05, 4.69) is 15.3 Å². The number of nitrogens with one attached hydrogen (secondary N) is 1. The predicted octanol–water partition coefficient (Wildman–Crippen LogP) is 5.49. The molecule has 2 aromatic heterocycles. The first-order valence-corrected chi connectivity index (χ1v) is 12.6. The van der Waals surface area contributed by atoms with Crippen LogP contribution in [-0.4, -0.2) is 48.3 Å². The number of hydrogen-bond acceptors (Lipinski definition) is 11. The number of furan rings is 1. The Bertz CT molecular complexity index is 1490. The fourth-order valence-corrected chi connectivity index (χ4v) is 4.09. The molecule has 202 valence electrons. The van der Waals surface area contributed by atoms with E-state index < -0.39 is 10.7 Å². The Morgan fingerprint density at radius 1 is 1.13 bits per heavy atom. The molecule has 0 radical (unpaired) electrons. The fraction of sp³-hybridized carbons (Fsp3) is 0.200. The van der Waals surface area contributed by atoms with Crippen molar-refractivity contribution in [2.75, 3.05) is 43.6 Å². The van der Waals surface area contributed by atoms with Crippen LogP contribution < -0.4 is 15.1 Å². The molecule has 1 atom stereocenters. The predicted molar refractivity (Wildman–Crippen MR) is 144 cm³/mol. The third kappa shape index (κ3) is 6.47. The largest absolute Gasteiger partial charge is 0.433 e. The molecule has 4 aromatic rings. The van der Waals surface area contributed by atoms with E-state index >= 15 is 4.39 Å². The van der Waals surface area contributed by atoms with E-state index in [1.165, 1.54) is 37.5 Å². The maximum atomic E-state index is 15.2. The molecule has 0 bridgehead atoms. The van der Waals surface area contributed by atoms with Gasteiger partial charge in [0.15, 0.2) is 11.6 Å². The summed E-state index contributed by atoms with van der Waals surface area (Å²) in [6.45, 7) is 2.15. The number of ether oxygens (including phenoxy) is 1. The lowest BCUT2D eigenvalue weighted by molar-refractivity contribution is -0.402. The summed E-state index contributed by atoms with van der Waals surface area (Å²) in [7, 11) is 1.25. The van der Waals surface area contributed by atoms with Crippen LogP contribution in [0.1, 0.15) is 11.6 Å². The van der Waals surface area contributed by atoms with E-state index in [9.17, 15) is 10.1 Å². The summed E-state index contributed by atoms with van der Waals surface area (Å²) in [6.07, 6.45) is 3.04. The lowest BCUT2D eigenvalue weighted by Crippen LogP contribution is -2.36. The lowest BCUT2D eigenvalue weighted by Gasteiger charge is -2.29. The third-order valence-corrected chi connectivity index (χ3v) is 6.01. The van der Waals surface area contributed by atoms with Gasteiger partial charge >= 0.3 is 5.88 Å². The highest BCUT2D eigenvalue weighted by atomic mass is 31.1. The zero-order chi connectivity index (χ0) is 27.2. The van der Waals surface area contributed by atoms with Crippen molar-refractivity contribution < 1.29 is 32.6 Å². The highest BCUT2D eigenvalue weighted by molar-refractivity contribution is 7.26. The quantitative estimate of drug-likeness (QED) is 0.0876. The summed E-state index contributed by atoms with van der Waals surface area (Å²) in [4.78, 5) is 26.5. The number of anilines is 3. The first kappa shape index (κ1) is 26.4. The van der Waals surface area contributed by atoms with Crippen molar-refractivity contribution in [1.82, 2.24) is 9.97 Å². The number of halogens is 1. The number of aromatic nitrogens is 2. The average Bonchev–Trinajstić information content (AvgIpc) is 3.43. The van der Waals surface area contributed by atoms with Crippen molar-refractivity contribution >= 4 is 55.2 Å². The molecule has 1 aliphatic heterocycles. The zero-order valence-electron chi connectivity index (χ0n) is 20.6. The van der Waals surface area contributed by atoms with Crippen LogP contribution >= 0.6 is 9.03 Å². The number of hydrogen-bond donors (Lipinski definition) is 1. The van der Waals surface area contributed by atoms with Crippen LogP contribution in [0.15, 0.2) is 52.9 Å². The second kappa shape index (κ2) is 12.1. The number of nitrogens with zero attached hydrogens (tertiary/aromatic N) is 4. The standard InChI is InChI=1S/C25H23FN5O7P/c1-34-39-38-37-18-4-2-16(3-5-18)27-25-19-14-22(30-10-12-35-13-11-30)20(26)15-21(19)28-23(29-25)8-6-17-7-9-24(36-17)31(32)33/h2-9,14-15,39H,10-13H2,1H3,(H,27,28,29)/b8-6+. The Hall–Kier alpha value is -4.16. The summed E-state index contributed by atoms with van der Waals surface area (Å²) in [6, 6.07) is 12.8. The minimum Gasteiger partial charge on any atom is -0.401 e. The van der Waals surface area contributed by atoms with Crippen molar-refractivity contribution in [2.45, 2.75) is 0 Å². The van der Waals surface area contributed by atoms with E-state index in [-0.39, 0.29) is 26.5 Å². The van der Waals surface area contributed by atoms with Gasteiger partial charge in [0.2, 0.25) is 9.03 Å². The SMILES string of the molecule is COPOOc1ccc(Nc2nc(/C=C/c3ccc([N+](=O)[O-])o3)nc3cc(F)c(N4CCOCC4)cc23)cc1. The van der Waals surface area contributed by atoms with E-state index in [1.54, 1.807) is 30.3 Å². The number of fused-ring (bicyclic) bond motifs is 1. The minimum absolute atomic E-state index is 0.247. The smallest absolute Gasteiger partial charge is 0.401 e. The van der Waals surface area contributed by atoms with Crippen molar-refractivity contribution in [3.8, 4) is 5.75 Å². The maximum absolute atomic E-state index is 15.2. The summed E-state index contributed by atoms with van der Waals surface area (Å²) in [5, 5.41) is 14.8. The van der Waals surface area contributed by atoms with Gasteiger partial charge in [-0.25, -0.2) is 14.4 Å². The maximum Gasteiger partial charge on any atom is 0.433 e. The van der Waals surface area contributed by atoms with Gasteiger partial charge in [-0.1, -0.05) is 0 Å². The molecule has 14 heteroatoms. The normalized spacial score (nSPS) is 14.1. The zero-order valence-corrected chi connectivity index (χ0v) is 21.6. The fourth-order valence-electron chi connectivity index (χ4n) is 3.89. The monoisotopic (exact) mass is 555 g/mol. The molecule has 12 nitrogen and oxygen atoms in total. The molecule has 3 heterocycles. The Labute approximate surface area is 223 Å². The molecule has 0 amide bonds. The molecule has 0 saturated carbocycles. The van der Waals surface area contributed by atoms with Crippen molar-refractivity contribution in [1.29, 1.82) is 0 Å². The van der Waals surface area contributed by atoms with E-state index in [4.69, 9.17) is 23.2 Å². The van der Waals surface area contributed by atoms with Crippen LogP contribution in [0.2, 0.25) is 0 Å². The molecule has 0 aliphatic carbocycles. The van der Waals surface area contributed by atoms with Crippen LogP contribution in [0.5, 0.6) is 5.75 Å².